The van der Waals surface area contributed by atoms with Crippen LogP contribution in [0.15, 0.2) is 30.3 Å². The Morgan fingerprint density at radius 2 is 1.67 bits per heavy atom. The Kier molecular flexibility index (Phi) is 6.77. The molecular weight excluding hydrogens is 402 g/mol. The van der Waals surface area contributed by atoms with Gasteiger partial charge in [-0.2, -0.15) is 0 Å². The number of thiophene rings is 1. The van der Waals surface area contributed by atoms with E-state index in [0.29, 0.717) is 10.4 Å². The highest BCUT2D eigenvalue weighted by molar-refractivity contribution is 7.14. The van der Waals surface area contributed by atoms with Crippen LogP contribution in [0.1, 0.15) is 69.6 Å². The van der Waals surface area contributed by atoms with Crippen LogP contribution < -0.4 is 16.2 Å². The van der Waals surface area contributed by atoms with Gasteiger partial charge in [-0.05, 0) is 75.8 Å². The number of hydrogen-bond donors (Lipinski definition) is 3. The van der Waals surface area contributed by atoms with Crippen molar-refractivity contribution in [3.8, 4) is 0 Å². The molecule has 0 bridgehead atoms. The van der Waals surface area contributed by atoms with Crippen molar-refractivity contribution in [1.29, 1.82) is 0 Å². The first-order valence-corrected chi connectivity index (χ1v) is 10.8. The molecule has 160 valence electrons. The van der Waals surface area contributed by atoms with Crippen molar-refractivity contribution in [2.75, 3.05) is 0 Å². The van der Waals surface area contributed by atoms with Crippen LogP contribution in [0.5, 0.6) is 0 Å². The molecule has 30 heavy (non-hydrogen) atoms. The van der Waals surface area contributed by atoms with Gasteiger partial charge < -0.3 is 10.1 Å². The molecule has 0 radical (unpaired) electrons. The molecule has 0 spiro atoms. The van der Waals surface area contributed by atoms with E-state index in [-0.39, 0.29) is 12.5 Å². The number of fused-ring (bicyclic) bond motifs is 1. The van der Waals surface area contributed by atoms with Gasteiger partial charge in [0.25, 0.3) is 11.8 Å². The Morgan fingerprint density at radius 1 is 1.00 bits per heavy atom. The summed E-state index contributed by atoms with van der Waals surface area (Å²) in [5.41, 5.74) is 6.85. The zero-order valence-corrected chi connectivity index (χ0v) is 18.3. The Hall–Kier alpha value is -2.87. The molecule has 3 rings (SSSR count). The molecule has 1 aromatic heterocycles. The SMILES string of the molecule is CC(C)(C)OC(=O)NCc1ccc(C(=O)NNC(=O)c2cc3c(s2)CCCC3)cc1. The summed E-state index contributed by atoms with van der Waals surface area (Å²) in [5, 5.41) is 2.67. The molecule has 0 saturated carbocycles. The number of hydrazine groups is 1. The lowest BCUT2D eigenvalue weighted by atomic mass is 9.99. The van der Waals surface area contributed by atoms with Gasteiger partial charge in [-0.15, -0.1) is 11.3 Å². The summed E-state index contributed by atoms with van der Waals surface area (Å²) in [6.45, 7) is 5.68. The maximum Gasteiger partial charge on any atom is 0.407 e. The Bertz CT molecular complexity index is 905. The maximum atomic E-state index is 12.3. The number of rotatable bonds is 4. The zero-order chi connectivity index (χ0) is 21.7. The van der Waals surface area contributed by atoms with E-state index in [4.69, 9.17) is 4.74 Å². The molecule has 0 saturated heterocycles. The van der Waals surface area contributed by atoms with Gasteiger partial charge >= 0.3 is 6.09 Å². The van der Waals surface area contributed by atoms with Crippen LogP contribution in [0.25, 0.3) is 0 Å². The number of amides is 3. The lowest BCUT2D eigenvalue weighted by molar-refractivity contribution is 0.0523. The van der Waals surface area contributed by atoms with Gasteiger partial charge in [0, 0.05) is 17.0 Å². The number of carbonyl (C=O) groups is 3. The van der Waals surface area contributed by atoms with E-state index in [1.807, 2.05) is 6.07 Å². The molecule has 1 aromatic carbocycles. The minimum Gasteiger partial charge on any atom is -0.444 e. The molecule has 1 aliphatic carbocycles. The summed E-state index contributed by atoms with van der Waals surface area (Å²) < 4.78 is 5.19. The van der Waals surface area contributed by atoms with Crippen molar-refractivity contribution >= 4 is 29.2 Å². The molecule has 2 aromatic rings. The van der Waals surface area contributed by atoms with Crippen molar-refractivity contribution in [2.45, 2.75) is 58.6 Å². The highest BCUT2D eigenvalue weighted by Crippen LogP contribution is 2.29. The number of alkyl carbamates (subject to hydrolysis) is 1. The fraction of sp³-hybridized carbons (Fsp3) is 0.409. The monoisotopic (exact) mass is 429 g/mol. The highest BCUT2D eigenvalue weighted by atomic mass is 32.1. The van der Waals surface area contributed by atoms with Gasteiger partial charge in [0.15, 0.2) is 0 Å². The van der Waals surface area contributed by atoms with Crippen LogP contribution >= 0.6 is 11.3 Å². The third-order valence-corrected chi connectivity index (χ3v) is 5.80. The smallest absolute Gasteiger partial charge is 0.407 e. The second-order valence-electron chi connectivity index (χ2n) is 8.23. The first-order chi connectivity index (χ1) is 14.2. The van der Waals surface area contributed by atoms with Crippen LogP contribution in [-0.2, 0) is 24.1 Å². The van der Waals surface area contributed by atoms with E-state index in [9.17, 15) is 14.4 Å². The fourth-order valence-electron chi connectivity index (χ4n) is 3.11. The number of aryl methyl sites for hydroxylation is 2. The van der Waals surface area contributed by atoms with Gasteiger partial charge in [0.2, 0.25) is 0 Å². The standard InChI is InChI=1S/C22H27N3O4S/c1-22(2,3)29-21(28)23-13-14-8-10-15(11-9-14)19(26)24-25-20(27)18-12-16-6-4-5-7-17(16)30-18/h8-12H,4-7,13H2,1-3H3,(H,23,28)(H,24,26)(H,25,27). The minimum atomic E-state index is -0.557. The fourth-order valence-corrected chi connectivity index (χ4v) is 4.26. The number of ether oxygens (including phenoxy) is 1. The van der Waals surface area contributed by atoms with Gasteiger partial charge in [0.1, 0.15) is 5.60 Å². The molecule has 3 N–H and O–H groups in total. The molecule has 1 aliphatic rings. The van der Waals surface area contributed by atoms with Crippen LogP contribution in [0.3, 0.4) is 0 Å². The lowest BCUT2D eigenvalue weighted by Crippen LogP contribution is -2.41. The summed E-state index contributed by atoms with van der Waals surface area (Å²) in [4.78, 5) is 38.2. The first-order valence-electron chi connectivity index (χ1n) is 9.99. The van der Waals surface area contributed by atoms with Crippen LogP contribution in [0, 0.1) is 0 Å². The zero-order valence-electron chi connectivity index (χ0n) is 17.5. The van der Waals surface area contributed by atoms with E-state index < -0.39 is 17.6 Å². The summed E-state index contributed by atoms with van der Waals surface area (Å²) >= 11 is 1.50. The average molecular weight is 430 g/mol. The number of carbonyl (C=O) groups excluding carboxylic acids is 3. The van der Waals surface area contributed by atoms with E-state index in [1.54, 1.807) is 45.0 Å². The topological polar surface area (TPSA) is 96.5 Å². The Morgan fingerprint density at radius 3 is 2.33 bits per heavy atom. The number of nitrogens with one attached hydrogen (secondary N) is 3. The molecule has 1 heterocycles. The van der Waals surface area contributed by atoms with Crippen molar-refractivity contribution in [2.24, 2.45) is 0 Å². The first kappa shape index (κ1) is 21.8. The van der Waals surface area contributed by atoms with Crippen LogP contribution in [0.2, 0.25) is 0 Å². The molecule has 0 atom stereocenters. The quantitative estimate of drug-likeness (QED) is 0.645. The predicted molar refractivity (Wildman–Crippen MR) is 115 cm³/mol. The summed E-state index contributed by atoms with van der Waals surface area (Å²) in [5.74, 6) is -0.711. The average Bonchev–Trinajstić information content (AvgIpc) is 3.14. The van der Waals surface area contributed by atoms with Gasteiger partial charge in [-0.25, -0.2) is 4.79 Å². The second kappa shape index (κ2) is 9.30. The van der Waals surface area contributed by atoms with E-state index >= 15 is 0 Å². The molecule has 0 aliphatic heterocycles. The summed E-state index contributed by atoms with van der Waals surface area (Å²) in [6, 6.07) is 8.67. The van der Waals surface area contributed by atoms with Gasteiger partial charge in [-0.3, -0.25) is 20.4 Å². The Labute approximate surface area is 180 Å². The highest BCUT2D eigenvalue weighted by Gasteiger charge is 2.18. The number of benzene rings is 1. The van der Waals surface area contributed by atoms with E-state index in [2.05, 4.69) is 16.2 Å². The summed E-state index contributed by atoms with van der Waals surface area (Å²) in [7, 11) is 0. The number of hydrogen-bond acceptors (Lipinski definition) is 5. The van der Waals surface area contributed by atoms with E-state index in [1.165, 1.54) is 21.8 Å². The van der Waals surface area contributed by atoms with Gasteiger partial charge in [-0.1, -0.05) is 12.1 Å². The third-order valence-electron chi connectivity index (χ3n) is 4.56. The Balaban J connectivity index is 1.48. The predicted octanol–water partition coefficient (Wildman–Crippen LogP) is 3.73. The van der Waals surface area contributed by atoms with Gasteiger partial charge in [0.05, 0.1) is 4.88 Å². The molecule has 0 unspecified atom stereocenters. The molecular formula is C22H27N3O4S. The molecule has 0 fully saturated rings. The van der Waals surface area contributed by atoms with Crippen molar-refractivity contribution in [1.82, 2.24) is 16.2 Å². The minimum absolute atomic E-state index is 0.288. The second-order valence-corrected chi connectivity index (χ2v) is 9.36. The largest absolute Gasteiger partial charge is 0.444 e. The summed E-state index contributed by atoms with van der Waals surface area (Å²) in [6.07, 6.45) is 3.86. The normalized spacial score (nSPS) is 13.2. The van der Waals surface area contributed by atoms with E-state index in [0.717, 1.165) is 31.2 Å². The molecule has 8 heteroatoms. The van der Waals surface area contributed by atoms with Crippen LogP contribution in [-0.4, -0.2) is 23.5 Å². The molecule has 3 amide bonds. The molecule has 7 nitrogen and oxygen atoms in total. The third kappa shape index (κ3) is 6.06. The maximum absolute atomic E-state index is 12.3. The van der Waals surface area contributed by atoms with Crippen molar-refractivity contribution < 1.29 is 19.1 Å². The van der Waals surface area contributed by atoms with Crippen molar-refractivity contribution in [3.63, 3.8) is 0 Å². The lowest BCUT2D eigenvalue weighted by Gasteiger charge is -2.19. The van der Waals surface area contributed by atoms with Crippen molar-refractivity contribution in [3.05, 3.63) is 56.8 Å². The van der Waals surface area contributed by atoms with Crippen LogP contribution in [0.4, 0.5) is 4.79 Å².